The molecule has 0 aliphatic heterocycles. The maximum absolute atomic E-state index is 9.52. The molecule has 0 N–H and O–H groups in total. The highest BCUT2D eigenvalue weighted by Crippen LogP contribution is 2.51. The van der Waals surface area contributed by atoms with Crippen molar-refractivity contribution in [3.63, 3.8) is 0 Å². The molecule has 0 saturated carbocycles. The summed E-state index contributed by atoms with van der Waals surface area (Å²) < 4.78 is 0. The summed E-state index contributed by atoms with van der Waals surface area (Å²) in [6.07, 6.45) is 0. The van der Waals surface area contributed by atoms with Crippen molar-refractivity contribution < 1.29 is 0 Å². The molecule has 1 aliphatic carbocycles. The molecule has 1 aliphatic rings. The normalized spacial score (nSPS) is 13.0. The molecule has 0 saturated heterocycles. The van der Waals surface area contributed by atoms with Gasteiger partial charge in [0.05, 0.1) is 23.3 Å². The van der Waals surface area contributed by atoms with E-state index in [4.69, 9.17) is 0 Å². The zero-order valence-corrected chi connectivity index (χ0v) is 26.1. The van der Waals surface area contributed by atoms with Gasteiger partial charge in [-0.1, -0.05) is 111 Å². The first-order valence-electron chi connectivity index (χ1n) is 16.0. The number of hydrogen-bond acceptors (Lipinski definition) is 2. The quantitative estimate of drug-likeness (QED) is 0.191. The van der Waals surface area contributed by atoms with Gasteiger partial charge in [-0.2, -0.15) is 10.5 Å². The van der Waals surface area contributed by atoms with Crippen LogP contribution in [-0.4, -0.2) is 0 Å². The Hall–Kier alpha value is -6.22. The number of nitriles is 2. The summed E-state index contributed by atoms with van der Waals surface area (Å²) in [6, 6.07) is 51.9. The number of nitrogens with zero attached hydrogens (tertiary/aromatic N) is 2. The second kappa shape index (κ2) is 9.89. The van der Waals surface area contributed by atoms with E-state index in [1.54, 1.807) is 0 Å². The molecule has 47 heavy (non-hydrogen) atoms. The lowest BCUT2D eigenvalue weighted by molar-refractivity contribution is 0.660. The van der Waals surface area contributed by atoms with Crippen LogP contribution in [0.25, 0.3) is 76.8 Å². The lowest BCUT2D eigenvalue weighted by Crippen LogP contribution is -2.14. The Morgan fingerprint density at radius 1 is 0.426 bits per heavy atom. The Labute approximate surface area is 273 Å². The maximum atomic E-state index is 9.52. The molecule has 0 fully saturated rings. The van der Waals surface area contributed by atoms with Gasteiger partial charge in [-0.05, 0) is 124 Å². The van der Waals surface area contributed by atoms with E-state index < -0.39 is 0 Å². The van der Waals surface area contributed by atoms with Gasteiger partial charge >= 0.3 is 0 Å². The van der Waals surface area contributed by atoms with Crippen LogP contribution in [0.2, 0.25) is 0 Å². The number of benzene rings is 8. The summed E-state index contributed by atoms with van der Waals surface area (Å²) in [5, 5.41) is 26.2. The molecular formula is C45H28N2. The van der Waals surface area contributed by atoms with Gasteiger partial charge in [0.1, 0.15) is 0 Å². The number of fused-ring (bicyclic) bond motifs is 3. The fourth-order valence-corrected chi connectivity index (χ4v) is 7.95. The van der Waals surface area contributed by atoms with E-state index in [1.165, 1.54) is 65.7 Å². The number of rotatable bonds is 3. The van der Waals surface area contributed by atoms with Gasteiger partial charge in [0.25, 0.3) is 0 Å². The van der Waals surface area contributed by atoms with E-state index in [1.807, 2.05) is 36.4 Å². The zero-order chi connectivity index (χ0) is 31.9. The van der Waals surface area contributed by atoms with Gasteiger partial charge in [0, 0.05) is 5.41 Å². The first-order valence-corrected chi connectivity index (χ1v) is 16.0. The fourth-order valence-electron chi connectivity index (χ4n) is 7.95. The van der Waals surface area contributed by atoms with Gasteiger partial charge < -0.3 is 0 Å². The van der Waals surface area contributed by atoms with Crippen molar-refractivity contribution in [1.82, 2.24) is 0 Å². The van der Waals surface area contributed by atoms with Crippen molar-refractivity contribution in [1.29, 1.82) is 10.5 Å². The van der Waals surface area contributed by atoms with Crippen molar-refractivity contribution in [2.45, 2.75) is 19.3 Å². The number of hydrogen-bond donors (Lipinski definition) is 0. The van der Waals surface area contributed by atoms with Crippen LogP contribution < -0.4 is 0 Å². The molecule has 9 rings (SSSR count). The third-order valence-electron chi connectivity index (χ3n) is 10.3. The lowest BCUT2D eigenvalue weighted by atomic mass is 9.80. The van der Waals surface area contributed by atoms with Crippen LogP contribution in [-0.2, 0) is 5.41 Å². The Bertz CT molecular complexity index is 2640. The van der Waals surface area contributed by atoms with E-state index >= 15 is 0 Å². The molecule has 2 heteroatoms. The van der Waals surface area contributed by atoms with E-state index in [0.717, 1.165) is 22.3 Å². The molecule has 8 aromatic rings. The highest BCUT2D eigenvalue weighted by atomic mass is 14.4. The van der Waals surface area contributed by atoms with Crippen LogP contribution in [0, 0.1) is 22.7 Å². The SMILES string of the molecule is CC1(C)c2ccccc2-c2ccc(-c3cc(-c4ccc(C#N)cc4)c4ccc5ccc(-c6ccc(C#N)cc6)c6ccc3c4c56)cc21. The summed E-state index contributed by atoms with van der Waals surface area (Å²) in [7, 11) is 0. The summed E-state index contributed by atoms with van der Waals surface area (Å²) in [4.78, 5) is 0. The van der Waals surface area contributed by atoms with Gasteiger partial charge in [-0.15, -0.1) is 0 Å². The minimum atomic E-state index is -0.0995. The van der Waals surface area contributed by atoms with Crippen molar-refractivity contribution >= 4 is 32.3 Å². The molecular weight excluding hydrogens is 569 g/mol. The first kappa shape index (κ1) is 27.1. The van der Waals surface area contributed by atoms with Crippen LogP contribution in [0.1, 0.15) is 36.1 Å². The van der Waals surface area contributed by atoms with Crippen molar-refractivity contribution in [2.24, 2.45) is 0 Å². The van der Waals surface area contributed by atoms with Gasteiger partial charge in [-0.3, -0.25) is 0 Å². The third kappa shape index (κ3) is 3.89. The Balaban J connectivity index is 1.36. The van der Waals surface area contributed by atoms with Crippen molar-refractivity contribution in [3.05, 3.63) is 156 Å². The van der Waals surface area contributed by atoms with E-state index in [0.29, 0.717) is 11.1 Å². The molecule has 0 aromatic heterocycles. The average molecular weight is 597 g/mol. The molecule has 0 bridgehead atoms. The molecule has 218 valence electrons. The van der Waals surface area contributed by atoms with Gasteiger partial charge in [-0.25, -0.2) is 0 Å². The molecule has 2 nitrogen and oxygen atoms in total. The predicted octanol–water partition coefficient (Wildman–Crippen LogP) is 11.6. The van der Waals surface area contributed by atoms with Crippen LogP contribution in [0.5, 0.6) is 0 Å². The standard InChI is InChI=1S/C45H28N2/c1-45(2)41-6-4-3-5-34(41)35-19-17-32(23-42(35)45)40-24-39(30-13-9-28(26-47)10-14-30)37-20-16-31-15-18-33(29-11-7-27(25-46)8-12-29)36-21-22-38(40)44(37)43(31)36/h3-24H,1-2H3. The smallest absolute Gasteiger partial charge is 0.0991 e. The van der Waals surface area contributed by atoms with Crippen LogP contribution >= 0.6 is 0 Å². The fraction of sp³-hybridized carbons (Fsp3) is 0.0667. The second-order valence-corrected chi connectivity index (χ2v) is 13.1. The summed E-state index contributed by atoms with van der Waals surface area (Å²) in [5.41, 5.74) is 13.4. The minimum absolute atomic E-state index is 0.0995. The molecule has 0 unspecified atom stereocenters. The summed E-state index contributed by atoms with van der Waals surface area (Å²) in [5.74, 6) is 0. The highest BCUT2D eigenvalue weighted by Gasteiger charge is 2.35. The van der Waals surface area contributed by atoms with Crippen LogP contribution in [0.15, 0.2) is 133 Å². The molecule has 8 aromatic carbocycles. The first-order chi connectivity index (χ1) is 23.0. The van der Waals surface area contributed by atoms with Gasteiger partial charge in [0.15, 0.2) is 0 Å². The second-order valence-electron chi connectivity index (χ2n) is 13.1. The third-order valence-corrected chi connectivity index (χ3v) is 10.3. The summed E-state index contributed by atoms with van der Waals surface area (Å²) >= 11 is 0. The van der Waals surface area contributed by atoms with Crippen LogP contribution in [0.3, 0.4) is 0 Å². The van der Waals surface area contributed by atoms with Crippen LogP contribution in [0.4, 0.5) is 0 Å². The Morgan fingerprint density at radius 3 is 1.62 bits per heavy atom. The predicted molar refractivity (Wildman–Crippen MR) is 193 cm³/mol. The van der Waals surface area contributed by atoms with E-state index in [9.17, 15) is 10.5 Å². The van der Waals surface area contributed by atoms with E-state index in [2.05, 4.69) is 123 Å². The Kier molecular flexibility index (Phi) is 5.71. The van der Waals surface area contributed by atoms with Crippen molar-refractivity contribution in [3.8, 4) is 56.6 Å². The monoisotopic (exact) mass is 596 g/mol. The highest BCUT2D eigenvalue weighted by molar-refractivity contribution is 6.30. The molecule has 0 atom stereocenters. The topological polar surface area (TPSA) is 47.6 Å². The lowest BCUT2D eigenvalue weighted by Gasteiger charge is -2.23. The molecule has 0 radical (unpaired) electrons. The molecule has 0 heterocycles. The van der Waals surface area contributed by atoms with Gasteiger partial charge in [0.2, 0.25) is 0 Å². The minimum Gasteiger partial charge on any atom is -0.192 e. The zero-order valence-electron chi connectivity index (χ0n) is 26.1. The molecule has 0 spiro atoms. The van der Waals surface area contributed by atoms with E-state index in [-0.39, 0.29) is 5.41 Å². The average Bonchev–Trinajstić information content (AvgIpc) is 3.36. The maximum Gasteiger partial charge on any atom is 0.0991 e. The Morgan fingerprint density at radius 2 is 0.936 bits per heavy atom. The van der Waals surface area contributed by atoms with Crippen molar-refractivity contribution in [2.75, 3.05) is 0 Å². The molecule has 0 amide bonds. The largest absolute Gasteiger partial charge is 0.192 e. The summed E-state index contributed by atoms with van der Waals surface area (Å²) in [6.45, 7) is 4.66.